The van der Waals surface area contributed by atoms with Crippen LogP contribution in [-0.2, 0) is 16.0 Å². The Morgan fingerprint density at radius 2 is 1.93 bits per heavy atom. The molecule has 0 unspecified atom stereocenters. The molecule has 1 aromatic heterocycles. The number of hydrogen-bond donors (Lipinski definition) is 2. The molecule has 5 heteroatoms. The van der Waals surface area contributed by atoms with Crippen LogP contribution in [0.4, 0.5) is 0 Å². The highest BCUT2D eigenvalue weighted by Gasteiger charge is 2.36. The summed E-state index contributed by atoms with van der Waals surface area (Å²) in [6, 6.07) is 18.1. The number of likely N-dealkylation sites (tertiary alicyclic amines) is 1. The van der Waals surface area contributed by atoms with Crippen LogP contribution in [0.3, 0.4) is 0 Å². The number of carbonyl (C=O) groups excluding carboxylic acids is 2. The van der Waals surface area contributed by atoms with Crippen molar-refractivity contribution in [2.45, 2.75) is 25.8 Å². The third-order valence-corrected chi connectivity index (χ3v) is 5.65. The van der Waals surface area contributed by atoms with Gasteiger partial charge in [0.05, 0.1) is 12.0 Å². The summed E-state index contributed by atoms with van der Waals surface area (Å²) >= 11 is 0. The van der Waals surface area contributed by atoms with Crippen molar-refractivity contribution in [3.8, 4) is 0 Å². The van der Waals surface area contributed by atoms with Gasteiger partial charge in [0, 0.05) is 36.6 Å². The Morgan fingerprint density at radius 1 is 1.18 bits per heavy atom. The molecular weight excluding hydrogens is 350 g/mol. The Balaban J connectivity index is 1.32. The molecule has 0 aliphatic carbocycles. The highest BCUT2D eigenvalue weighted by molar-refractivity contribution is 5.89. The van der Waals surface area contributed by atoms with E-state index in [2.05, 4.69) is 16.4 Å². The van der Waals surface area contributed by atoms with Gasteiger partial charge in [-0.15, -0.1) is 0 Å². The van der Waals surface area contributed by atoms with E-state index in [0.29, 0.717) is 13.1 Å². The maximum absolute atomic E-state index is 12.6. The molecule has 0 spiro atoms. The molecule has 0 radical (unpaired) electrons. The number of fused-ring (bicyclic) bond motifs is 1. The predicted molar refractivity (Wildman–Crippen MR) is 110 cm³/mol. The Bertz CT molecular complexity index is 980. The van der Waals surface area contributed by atoms with Gasteiger partial charge in [0.2, 0.25) is 11.8 Å². The predicted octanol–water partition coefficient (Wildman–Crippen LogP) is 3.44. The van der Waals surface area contributed by atoms with Crippen molar-refractivity contribution < 1.29 is 9.59 Å². The Morgan fingerprint density at radius 3 is 2.75 bits per heavy atom. The Hall–Kier alpha value is -3.08. The van der Waals surface area contributed by atoms with E-state index in [-0.39, 0.29) is 30.2 Å². The molecule has 28 heavy (non-hydrogen) atoms. The maximum atomic E-state index is 12.6. The largest absolute Gasteiger partial charge is 0.361 e. The fourth-order valence-electron chi connectivity index (χ4n) is 4.00. The average molecular weight is 375 g/mol. The van der Waals surface area contributed by atoms with Crippen LogP contribution in [0.15, 0.2) is 60.8 Å². The molecule has 2 aromatic carbocycles. The van der Waals surface area contributed by atoms with Crippen molar-refractivity contribution in [1.82, 2.24) is 15.2 Å². The molecule has 3 aromatic rings. The third kappa shape index (κ3) is 3.65. The topological polar surface area (TPSA) is 65.2 Å². The van der Waals surface area contributed by atoms with Crippen LogP contribution in [0.2, 0.25) is 0 Å². The summed E-state index contributed by atoms with van der Waals surface area (Å²) in [5.74, 6) is -0.259. The number of para-hydroxylation sites is 1. The van der Waals surface area contributed by atoms with E-state index in [1.165, 1.54) is 10.9 Å². The van der Waals surface area contributed by atoms with Crippen molar-refractivity contribution in [2.75, 3.05) is 13.1 Å². The van der Waals surface area contributed by atoms with E-state index < -0.39 is 0 Å². The Labute approximate surface area is 164 Å². The fourth-order valence-corrected chi connectivity index (χ4v) is 4.00. The summed E-state index contributed by atoms with van der Waals surface area (Å²) in [7, 11) is 0. The molecule has 1 aliphatic rings. The third-order valence-electron chi connectivity index (χ3n) is 5.65. The number of amides is 2. The average Bonchev–Trinajstić information content (AvgIpc) is 3.32. The van der Waals surface area contributed by atoms with Gasteiger partial charge in [0.1, 0.15) is 0 Å². The zero-order valence-corrected chi connectivity index (χ0v) is 16.0. The SMILES string of the molecule is C[C@@H](c1ccccc1)N1C[C@H](C(=O)NCCc2c[nH]c3ccccc23)CC1=O. The standard InChI is InChI=1S/C23H25N3O2/c1-16(17-7-3-2-4-8-17)26-15-19(13-22(26)27)23(28)24-12-11-18-14-25-21-10-6-5-9-20(18)21/h2-10,14,16,19,25H,11-13,15H2,1H3,(H,24,28)/t16-,19+/m0/s1. The molecule has 4 rings (SSSR count). The number of nitrogens with zero attached hydrogens (tertiary/aromatic N) is 1. The Kier molecular flexibility index (Phi) is 5.15. The second-order valence-corrected chi connectivity index (χ2v) is 7.43. The lowest BCUT2D eigenvalue weighted by Crippen LogP contribution is -2.34. The lowest BCUT2D eigenvalue weighted by Gasteiger charge is -2.25. The number of rotatable bonds is 6. The van der Waals surface area contributed by atoms with Gasteiger partial charge < -0.3 is 15.2 Å². The zero-order valence-electron chi connectivity index (χ0n) is 16.0. The molecule has 2 heterocycles. The van der Waals surface area contributed by atoms with Crippen LogP contribution in [0.25, 0.3) is 10.9 Å². The molecule has 0 bridgehead atoms. The molecular formula is C23H25N3O2. The monoisotopic (exact) mass is 375 g/mol. The first-order valence-corrected chi connectivity index (χ1v) is 9.80. The number of aromatic nitrogens is 1. The molecule has 2 atom stereocenters. The number of H-pyrrole nitrogens is 1. The second-order valence-electron chi connectivity index (χ2n) is 7.43. The van der Waals surface area contributed by atoms with E-state index in [1.54, 1.807) is 0 Å². The van der Waals surface area contributed by atoms with Crippen molar-refractivity contribution in [3.63, 3.8) is 0 Å². The highest BCUT2D eigenvalue weighted by Crippen LogP contribution is 2.28. The normalized spacial score (nSPS) is 17.8. The van der Waals surface area contributed by atoms with E-state index in [9.17, 15) is 9.59 Å². The number of carbonyl (C=O) groups is 2. The fraction of sp³-hybridized carbons (Fsp3) is 0.304. The maximum Gasteiger partial charge on any atom is 0.225 e. The van der Waals surface area contributed by atoms with Crippen LogP contribution in [0.5, 0.6) is 0 Å². The molecule has 1 saturated heterocycles. The zero-order chi connectivity index (χ0) is 19.5. The van der Waals surface area contributed by atoms with Crippen LogP contribution in [0.1, 0.15) is 30.5 Å². The van der Waals surface area contributed by atoms with Gasteiger partial charge in [0.15, 0.2) is 0 Å². The minimum absolute atomic E-state index is 0.0160. The van der Waals surface area contributed by atoms with Crippen molar-refractivity contribution in [1.29, 1.82) is 0 Å². The number of benzene rings is 2. The quantitative estimate of drug-likeness (QED) is 0.693. The molecule has 2 N–H and O–H groups in total. The lowest BCUT2D eigenvalue weighted by atomic mass is 10.1. The van der Waals surface area contributed by atoms with E-state index in [1.807, 2.05) is 66.6 Å². The second kappa shape index (κ2) is 7.89. The number of nitrogens with one attached hydrogen (secondary N) is 2. The van der Waals surface area contributed by atoms with Gasteiger partial charge >= 0.3 is 0 Å². The molecule has 0 saturated carbocycles. The number of aromatic amines is 1. The van der Waals surface area contributed by atoms with Gasteiger partial charge in [-0.25, -0.2) is 0 Å². The van der Waals surface area contributed by atoms with E-state index in [4.69, 9.17) is 0 Å². The summed E-state index contributed by atoms with van der Waals surface area (Å²) in [4.78, 5) is 30.1. The molecule has 2 amide bonds. The summed E-state index contributed by atoms with van der Waals surface area (Å²) in [5.41, 5.74) is 3.39. The summed E-state index contributed by atoms with van der Waals surface area (Å²) in [6.07, 6.45) is 3.05. The van der Waals surface area contributed by atoms with Gasteiger partial charge in [-0.2, -0.15) is 0 Å². The van der Waals surface area contributed by atoms with Crippen LogP contribution < -0.4 is 5.32 Å². The van der Waals surface area contributed by atoms with Crippen LogP contribution in [0, 0.1) is 5.92 Å². The summed E-state index contributed by atoms with van der Waals surface area (Å²) in [5, 5.41) is 4.21. The van der Waals surface area contributed by atoms with Gasteiger partial charge in [-0.05, 0) is 30.5 Å². The lowest BCUT2D eigenvalue weighted by molar-refractivity contribution is -0.130. The molecule has 1 fully saturated rings. The summed E-state index contributed by atoms with van der Waals surface area (Å²) < 4.78 is 0. The van der Waals surface area contributed by atoms with Gasteiger partial charge in [-0.1, -0.05) is 48.5 Å². The van der Waals surface area contributed by atoms with Crippen LogP contribution >= 0.6 is 0 Å². The van der Waals surface area contributed by atoms with Crippen LogP contribution in [-0.4, -0.2) is 34.8 Å². The minimum atomic E-state index is -0.276. The number of hydrogen-bond acceptors (Lipinski definition) is 2. The van der Waals surface area contributed by atoms with E-state index in [0.717, 1.165) is 17.5 Å². The molecule has 5 nitrogen and oxygen atoms in total. The van der Waals surface area contributed by atoms with E-state index >= 15 is 0 Å². The van der Waals surface area contributed by atoms with Crippen molar-refractivity contribution >= 4 is 22.7 Å². The minimum Gasteiger partial charge on any atom is -0.361 e. The first-order valence-electron chi connectivity index (χ1n) is 9.80. The van der Waals surface area contributed by atoms with Crippen molar-refractivity contribution in [3.05, 3.63) is 71.9 Å². The van der Waals surface area contributed by atoms with Gasteiger partial charge in [0.25, 0.3) is 0 Å². The molecule has 144 valence electrons. The smallest absolute Gasteiger partial charge is 0.225 e. The first kappa shape index (κ1) is 18.3. The first-order chi connectivity index (χ1) is 13.6. The molecule has 1 aliphatic heterocycles. The highest BCUT2D eigenvalue weighted by atomic mass is 16.2. The van der Waals surface area contributed by atoms with Crippen molar-refractivity contribution in [2.24, 2.45) is 5.92 Å². The summed E-state index contributed by atoms with van der Waals surface area (Å²) in [6.45, 7) is 3.07. The van der Waals surface area contributed by atoms with Gasteiger partial charge in [-0.3, -0.25) is 9.59 Å².